The highest BCUT2D eigenvalue weighted by Crippen LogP contribution is 2.27. The number of hydrogen-bond acceptors (Lipinski definition) is 4. The van der Waals surface area contributed by atoms with Crippen molar-refractivity contribution in [3.05, 3.63) is 82.9 Å². The summed E-state index contributed by atoms with van der Waals surface area (Å²) in [6.45, 7) is 7.00. The summed E-state index contributed by atoms with van der Waals surface area (Å²) in [5.41, 5.74) is 3.56. The molecule has 0 aliphatic carbocycles. The molecule has 0 radical (unpaired) electrons. The predicted octanol–water partition coefficient (Wildman–Crippen LogP) is 4.52. The molecule has 2 N–H and O–H groups in total. The van der Waals surface area contributed by atoms with E-state index < -0.39 is 20.0 Å². The van der Waals surface area contributed by atoms with Gasteiger partial charge in [0.1, 0.15) is 0 Å². The summed E-state index contributed by atoms with van der Waals surface area (Å²) in [6.07, 6.45) is 0. The van der Waals surface area contributed by atoms with Crippen molar-refractivity contribution in [2.45, 2.75) is 37.5 Å². The standard InChI is InChI=1S/C22H24N2O4S2/c1-15-7-5-9-19(11-15)23-29(25,26)21-14-22(18(4)13-17(21)3)30(27,28)24-20-10-6-8-16(2)12-20/h5-14,23-24H,1-4H3. The molecule has 30 heavy (non-hydrogen) atoms. The largest absolute Gasteiger partial charge is 0.280 e. The Labute approximate surface area is 178 Å². The Morgan fingerprint density at radius 1 is 0.567 bits per heavy atom. The predicted molar refractivity (Wildman–Crippen MR) is 120 cm³/mol. The summed E-state index contributed by atoms with van der Waals surface area (Å²) in [7, 11) is -7.96. The fourth-order valence-corrected chi connectivity index (χ4v) is 5.91. The molecule has 0 aliphatic heterocycles. The van der Waals surface area contributed by atoms with E-state index in [9.17, 15) is 16.8 Å². The van der Waals surface area contributed by atoms with Gasteiger partial charge in [-0.25, -0.2) is 16.8 Å². The molecule has 0 heterocycles. The number of rotatable bonds is 6. The van der Waals surface area contributed by atoms with E-state index in [2.05, 4.69) is 9.44 Å². The molecule has 0 saturated carbocycles. The number of sulfonamides is 2. The monoisotopic (exact) mass is 444 g/mol. The molecule has 6 nitrogen and oxygen atoms in total. The minimum atomic E-state index is -3.98. The molecule has 0 aliphatic rings. The Kier molecular flexibility index (Phi) is 5.92. The van der Waals surface area contributed by atoms with Crippen molar-refractivity contribution in [1.29, 1.82) is 0 Å². The zero-order valence-electron chi connectivity index (χ0n) is 17.2. The maximum atomic E-state index is 13.0. The van der Waals surface area contributed by atoms with Crippen molar-refractivity contribution >= 4 is 31.4 Å². The maximum absolute atomic E-state index is 13.0. The summed E-state index contributed by atoms with van der Waals surface area (Å²) < 4.78 is 57.1. The Morgan fingerprint density at radius 2 is 0.967 bits per heavy atom. The Hall–Kier alpha value is -2.84. The first-order valence-electron chi connectivity index (χ1n) is 9.28. The average molecular weight is 445 g/mol. The van der Waals surface area contributed by atoms with Gasteiger partial charge in [-0.05, 0) is 80.3 Å². The highest BCUT2D eigenvalue weighted by Gasteiger charge is 2.24. The van der Waals surface area contributed by atoms with Gasteiger partial charge in [0, 0.05) is 11.4 Å². The van der Waals surface area contributed by atoms with Gasteiger partial charge in [-0.1, -0.05) is 30.3 Å². The Bertz CT molecular complexity index is 1220. The van der Waals surface area contributed by atoms with Crippen LogP contribution >= 0.6 is 0 Å². The summed E-state index contributed by atoms with van der Waals surface area (Å²) in [5.74, 6) is 0. The molecule has 0 fully saturated rings. The molecule has 0 saturated heterocycles. The molecule has 3 rings (SSSR count). The van der Waals surface area contributed by atoms with Crippen molar-refractivity contribution in [2.75, 3.05) is 9.44 Å². The lowest BCUT2D eigenvalue weighted by atomic mass is 10.2. The molecule has 3 aromatic rings. The molecule has 0 atom stereocenters. The van der Waals surface area contributed by atoms with E-state index in [1.54, 1.807) is 56.3 Å². The van der Waals surface area contributed by atoms with Gasteiger partial charge in [0.25, 0.3) is 20.0 Å². The van der Waals surface area contributed by atoms with Crippen molar-refractivity contribution in [3.63, 3.8) is 0 Å². The van der Waals surface area contributed by atoms with Gasteiger partial charge in [-0.15, -0.1) is 0 Å². The smallest absolute Gasteiger partial charge is 0.262 e. The van der Waals surface area contributed by atoms with Gasteiger partial charge in [-0.3, -0.25) is 9.44 Å². The maximum Gasteiger partial charge on any atom is 0.262 e. The van der Waals surface area contributed by atoms with Crippen molar-refractivity contribution < 1.29 is 16.8 Å². The minimum Gasteiger partial charge on any atom is -0.280 e. The summed E-state index contributed by atoms with van der Waals surface area (Å²) >= 11 is 0. The first-order chi connectivity index (χ1) is 14.0. The van der Waals surface area contributed by atoms with Crippen LogP contribution in [0.15, 0.2) is 70.5 Å². The molecular weight excluding hydrogens is 420 g/mol. The van der Waals surface area contributed by atoms with Gasteiger partial charge in [0.2, 0.25) is 0 Å². The molecule has 0 spiro atoms. The quantitative estimate of drug-likeness (QED) is 0.585. The van der Waals surface area contributed by atoms with Gasteiger partial charge in [0.15, 0.2) is 0 Å². The van der Waals surface area contributed by atoms with Crippen LogP contribution in [-0.4, -0.2) is 16.8 Å². The normalized spacial score (nSPS) is 11.9. The van der Waals surface area contributed by atoms with E-state index in [-0.39, 0.29) is 9.79 Å². The third-order valence-electron chi connectivity index (χ3n) is 4.59. The zero-order valence-corrected chi connectivity index (χ0v) is 18.9. The third kappa shape index (κ3) is 4.83. The molecule has 0 bridgehead atoms. The van der Waals surface area contributed by atoms with Crippen LogP contribution in [0.3, 0.4) is 0 Å². The molecule has 8 heteroatoms. The van der Waals surface area contributed by atoms with Crippen LogP contribution in [0.4, 0.5) is 11.4 Å². The number of hydrogen-bond donors (Lipinski definition) is 2. The first-order valence-corrected chi connectivity index (χ1v) is 12.2. The van der Waals surface area contributed by atoms with Gasteiger partial charge < -0.3 is 0 Å². The lowest BCUT2D eigenvalue weighted by molar-refractivity contribution is 0.598. The SMILES string of the molecule is Cc1cccc(NS(=O)(=O)c2cc(S(=O)(=O)Nc3cccc(C)c3)c(C)cc2C)c1. The van der Waals surface area contributed by atoms with Crippen LogP contribution < -0.4 is 9.44 Å². The molecular formula is C22H24N2O4S2. The third-order valence-corrected chi connectivity index (χ3v) is 7.64. The van der Waals surface area contributed by atoms with Crippen LogP contribution in [0.25, 0.3) is 0 Å². The van der Waals surface area contributed by atoms with E-state index in [1.165, 1.54) is 6.07 Å². The molecule has 0 unspecified atom stereocenters. The minimum absolute atomic E-state index is 0.0841. The van der Waals surface area contributed by atoms with Crippen molar-refractivity contribution in [2.24, 2.45) is 0 Å². The van der Waals surface area contributed by atoms with E-state index in [4.69, 9.17) is 0 Å². The van der Waals surface area contributed by atoms with Crippen molar-refractivity contribution in [1.82, 2.24) is 0 Å². The topological polar surface area (TPSA) is 92.3 Å². The van der Waals surface area contributed by atoms with Gasteiger partial charge in [-0.2, -0.15) is 0 Å². The van der Waals surface area contributed by atoms with Crippen LogP contribution in [0.2, 0.25) is 0 Å². The number of anilines is 2. The fourth-order valence-electron chi connectivity index (χ4n) is 3.23. The second-order valence-corrected chi connectivity index (χ2v) is 10.6. The van der Waals surface area contributed by atoms with Crippen LogP contribution in [0.1, 0.15) is 22.3 Å². The van der Waals surface area contributed by atoms with E-state index >= 15 is 0 Å². The Balaban J connectivity index is 2.03. The highest BCUT2D eigenvalue weighted by atomic mass is 32.2. The van der Waals surface area contributed by atoms with E-state index in [1.807, 2.05) is 26.0 Å². The highest BCUT2D eigenvalue weighted by molar-refractivity contribution is 7.93. The fraction of sp³-hybridized carbons (Fsp3) is 0.182. The second-order valence-electron chi connectivity index (χ2n) is 7.33. The van der Waals surface area contributed by atoms with Crippen LogP contribution in [-0.2, 0) is 20.0 Å². The lowest BCUT2D eigenvalue weighted by Gasteiger charge is -2.16. The van der Waals surface area contributed by atoms with Gasteiger partial charge in [0.05, 0.1) is 9.79 Å². The van der Waals surface area contributed by atoms with Crippen LogP contribution in [0.5, 0.6) is 0 Å². The molecule has 0 amide bonds. The number of aryl methyl sites for hydroxylation is 4. The van der Waals surface area contributed by atoms with E-state index in [0.717, 1.165) is 11.1 Å². The Morgan fingerprint density at radius 3 is 1.33 bits per heavy atom. The second kappa shape index (κ2) is 8.12. The average Bonchev–Trinajstić information content (AvgIpc) is 2.60. The van der Waals surface area contributed by atoms with Crippen molar-refractivity contribution in [3.8, 4) is 0 Å². The summed E-state index contributed by atoms with van der Waals surface area (Å²) in [4.78, 5) is -0.168. The van der Waals surface area contributed by atoms with Gasteiger partial charge >= 0.3 is 0 Å². The first kappa shape index (κ1) is 21.9. The zero-order chi connectivity index (χ0) is 22.1. The van der Waals surface area contributed by atoms with E-state index in [0.29, 0.717) is 22.5 Å². The summed E-state index contributed by atoms with van der Waals surface area (Å²) in [6, 6.07) is 16.7. The number of benzene rings is 3. The number of nitrogens with one attached hydrogen (secondary N) is 2. The molecule has 158 valence electrons. The molecule has 3 aromatic carbocycles. The molecule has 0 aromatic heterocycles. The lowest BCUT2D eigenvalue weighted by Crippen LogP contribution is -2.18. The summed E-state index contributed by atoms with van der Waals surface area (Å²) in [5, 5.41) is 0. The van der Waals surface area contributed by atoms with Crippen LogP contribution in [0, 0.1) is 27.7 Å².